The summed E-state index contributed by atoms with van der Waals surface area (Å²) < 4.78 is 26.4. The van der Waals surface area contributed by atoms with Gasteiger partial charge in [-0.2, -0.15) is 11.8 Å². The van der Waals surface area contributed by atoms with Crippen LogP contribution in [0, 0.1) is 34.3 Å². The third-order valence-electron chi connectivity index (χ3n) is 8.13. The lowest BCUT2D eigenvalue weighted by Gasteiger charge is -2.44. The number of nitrogens with zero attached hydrogens (tertiary/aromatic N) is 1. The first-order chi connectivity index (χ1) is 20.9. The number of halogens is 2. The number of aromatic amines is 1. The third kappa shape index (κ3) is 9.22. The molecule has 240 valence electrons. The van der Waals surface area contributed by atoms with Crippen LogP contribution >= 0.6 is 23.5 Å². The van der Waals surface area contributed by atoms with E-state index in [-0.39, 0.29) is 57.1 Å². The summed E-state index contributed by atoms with van der Waals surface area (Å²) in [6.45, 7) is 0.882. The van der Waals surface area contributed by atoms with E-state index in [0.29, 0.717) is 23.7 Å². The number of hydrogen-bond acceptors (Lipinski definition) is 10. The lowest BCUT2D eigenvalue weighted by molar-refractivity contribution is -0.127. The van der Waals surface area contributed by atoms with Crippen molar-refractivity contribution < 1.29 is 23.5 Å². The first-order valence-electron chi connectivity index (χ1n) is 14.3. The highest BCUT2D eigenvalue weighted by Gasteiger charge is 2.38. The number of hydrogen-bond donors (Lipinski definition) is 6. The van der Waals surface area contributed by atoms with Crippen molar-refractivity contribution in [3.8, 4) is 5.75 Å². The highest BCUT2D eigenvalue weighted by molar-refractivity contribution is 8.26. The van der Waals surface area contributed by atoms with Gasteiger partial charge in [0, 0.05) is 31.1 Å². The van der Waals surface area contributed by atoms with Gasteiger partial charge in [-0.15, -0.1) is 0 Å². The summed E-state index contributed by atoms with van der Waals surface area (Å²) in [4.78, 5) is 39.4. The summed E-state index contributed by atoms with van der Waals surface area (Å²) in [5, 5.41) is 31.3. The maximum Gasteiger partial charge on any atom is 0.233 e. The average molecular weight is 651 g/mol. The lowest BCUT2D eigenvalue weighted by Crippen LogP contribution is -2.57. The summed E-state index contributed by atoms with van der Waals surface area (Å²) in [6, 6.07) is 2.95. The minimum atomic E-state index is -0.922. The van der Waals surface area contributed by atoms with Gasteiger partial charge in [-0.3, -0.25) is 30.1 Å². The topological polar surface area (TPSA) is 162 Å². The van der Waals surface area contributed by atoms with Gasteiger partial charge >= 0.3 is 0 Å². The van der Waals surface area contributed by atoms with E-state index in [4.69, 9.17) is 10.8 Å². The number of aromatic hydroxyl groups is 1. The molecule has 2 heterocycles. The molecule has 10 nitrogen and oxygen atoms in total. The molecule has 0 radical (unpaired) electrons. The number of H-pyrrole nitrogens is 1. The summed E-state index contributed by atoms with van der Waals surface area (Å²) >= 11 is 2.59. The normalized spacial score (nSPS) is 21.3. The molecule has 0 bridgehead atoms. The van der Waals surface area contributed by atoms with Crippen molar-refractivity contribution in [1.29, 1.82) is 10.8 Å². The van der Waals surface area contributed by atoms with Gasteiger partial charge in [-0.25, -0.2) is 8.78 Å². The van der Waals surface area contributed by atoms with Gasteiger partial charge in [-0.05, 0) is 82.3 Å². The molecule has 1 saturated heterocycles. The lowest BCUT2D eigenvalue weighted by atomic mass is 9.80. The number of aldehydes is 1. The number of thioether (sulfide) groups is 2. The highest BCUT2D eigenvalue weighted by atomic mass is 32.2. The number of pyridine rings is 1. The van der Waals surface area contributed by atoms with Crippen molar-refractivity contribution in [2.45, 2.75) is 44.2 Å². The number of nitrogens with one attached hydrogen (secondary N) is 5. The Bertz CT molecular complexity index is 1410. The van der Waals surface area contributed by atoms with Crippen molar-refractivity contribution in [2.75, 3.05) is 39.2 Å². The second-order valence-corrected chi connectivity index (χ2v) is 13.4. The van der Waals surface area contributed by atoms with E-state index in [2.05, 4.69) is 34.6 Å². The Labute approximate surface area is 264 Å². The molecule has 1 saturated carbocycles. The Morgan fingerprint density at radius 1 is 1.25 bits per heavy atom. The predicted molar refractivity (Wildman–Crippen MR) is 172 cm³/mol. The van der Waals surface area contributed by atoms with E-state index in [1.165, 1.54) is 24.0 Å². The van der Waals surface area contributed by atoms with Gasteiger partial charge in [-0.1, -0.05) is 17.8 Å². The zero-order valence-corrected chi connectivity index (χ0v) is 26.7. The number of benzene rings is 1. The number of amides is 1. The van der Waals surface area contributed by atoms with E-state index in [9.17, 15) is 28.3 Å². The van der Waals surface area contributed by atoms with Gasteiger partial charge in [0.2, 0.25) is 11.3 Å². The Balaban J connectivity index is 0.000000244. The van der Waals surface area contributed by atoms with Crippen LogP contribution in [0.5, 0.6) is 5.75 Å². The first-order valence-corrected chi connectivity index (χ1v) is 16.3. The minimum absolute atomic E-state index is 0.0785. The van der Waals surface area contributed by atoms with Crippen LogP contribution in [0.3, 0.4) is 0 Å². The molecule has 1 aromatic carbocycles. The molecule has 1 aromatic heterocycles. The second-order valence-electron chi connectivity index (χ2n) is 11.1. The Kier molecular flexibility index (Phi) is 13.1. The first kappa shape index (κ1) is 35.4. The monoisotopic (exact) mass is 650 g/mol. The Morgan fingerprint density at radius 3 is 2.52 bits per heavy atom. The van der Waals surface area contributed by atoms with Gasteiger partial charge < -0.3 is 20.7 Å². The third-order valence-corrected chi connectivity index (χ3v) is 10.2. The van der Waals surface area contributed by atoms with E-state index >= 15 is 0 Å². The maximum absolute atomic E-state index is 13.6. The molecule has 4 rings (SSSR count). The number of carbonyl (C=O) groups is 2. The molecule has 44 heavy (non-hydrogen) atoms. The summed E-state index contributed by atoms with van der Waals surface area (Å²) in [5.41, 5.74) is -1.31. The van der Waals surface area contributed by atoms with Crippen LogP contribution in [0.4, 0.5) is 8.78 Å². The van der Waals surface area contributed by atoms with Gasteiger partial charge in [0.05, 0.1) is 16.3 Å². The molecule has 2 aromatic rings. The number of aromatic nitrogens is 1. The highest BCUT2D eigenvalue weighted by Crippen LogP contribution is 2.33. The van der Waals surface area contributed by atoms with Crippen molar-refractivity contribution in [3.05, 3.63) is 63.1 Å². The Hall–Kier alpha value is -3.07. The number of rotatable bonds is 9. The standard InChI is InChI=1S/C15H11F2N3O3S.C15H29N3OS/c16-8-2-1-7(10(17)4-8)3-12(18)24-15(19)9-5-20-11(6-21)14(23)13(9)22;1-16-15(18(2)3)7-4-13(5-8-15)14(19)17-10-12-6-9-20-11-12/h1-2,4-6,18-19,23H,3H2,(H,20,22);12-13,16H,4-11H2,1-3H3,(H,17,19). The van der Waals surface area contributed by atoms with Crippen molar-refractivity contribution >= 4 is 45.8 Å². The van der Waals surface area contributed by atoms with Crippen LogP contribution < -0.4 is 16.1 Å². The molecular formula is C30H40F2N6O4S2. The summed E-state index contributed by atoms with van der Waals surface area (Å²) in [6.07, 6.45) is 6.49. The molecule has 0 spiro atoms. The molecule has 2 fully saturated rings. The quantitative estimate of drug-likeness (QED) is 0.103. The predicted octanol–water partition coefficient (Wildman–Crippen LogP) is 3.97. The zero-order chi connectivity index (χ0) is 32.4. The minimum Gasteiger partial charge on any atom is -0.503 e. The fourth-order valence-electron chi connectivity index (χ4n) is 5.26. The van der Waals surface area contributed by atoms with Gasteiger partial charge in [0.25, 0.3) is 0 Å². The molecule has 6 N–H and O–H groups in total. The van der Waals surface area contributed by atoms with Crippen LogP contribution in [0.15, 0.2) is 29.2 Å². The average Bonchev–Trinajstić information content (AvgIpc) is 3.53. The van der Waals surface area contributed by atoms with E-state index in [1.54, 1.807) is 0 Å². The van der Waals surface area contributed by atoms with Crippen molar-refractivity contribution in [3.63, 3.8) is 0 Å². The van der Waals surface area contributed by atoms with Crippen LogP contribution in [0.2, 0.25) is 0 Å². The van der Waals surface area contributed by atoms with Crippen LogP contribution in [0.1, 0.15) is 53.7 Å². The molecule has 14 heteroatoms. The number of carbonyl (C=O) groups excluding carboxylic acids is 2. The van der Waals surface area contributed by atoms with Crippen molar-refractivity contribution in [2.24, 2.45) is 11.8 Å². The van der Waals surface area contributed by atoms with E-state index in [1.807, 2.05) is 18.8 Å². The summed E-state index contributed by atoms with van der Waals surface area (Å²) in [7, 11) is 6.27. The molecule has 1 aliphatic carbocycles. The van der Waals surface area contributed by atoms with Gasteiger partial charge in [0.1, 0.15) is 22.4 Å². The van der Waals surface area contributed by atoms with Crippen LogP contribution in [-0.2, 0) is 11.2 Å². The molecule has 2 aliphatic rings. The zero-order valence-electron chi connectivity index (χ0n) is 25.1. The Morgan fingerprint density at radius 2 is 1.95 bits per heavy atom. The maximum atomic E-state index is 13.6. The second kappa shape index (κ2) is 16.3. The van der Waals surface area contributed by atoms with Crippen LogP contribution in [0.25, 0.3) is 0 Å². The fraction of sp³-hybridized carbons (Fsp3) is 0.500. The summed E-state index contributed by atoms with van der Waals surface area (Å²) in [5.74, 6) is 1.31. The molecule has 1 amide bonds. The molecule has 1 unspecified atom stereocenters. The van der Waals surface area contributed by atoms with Crippen molar-refractivity contribution in [1.82, 2.24) is 20.5 Å². The molecule has 1 atom stereocenters. The van der Waals surface area contributed by atoms with Crippen LogP contribution in [-0.4, -0.2) is 82.1 Å². The smallest absolute Gasteiger partial charge is 0.233 e. The van der Waals surface area contributed by atoms with E-state index < -0.39 is 22.8 Å². The molecule has 1 aliphatic heterocycles. The van der Waals surface area contributed by atoms with E-state index in [0.717, 1.165) is 44.5 Å². The van der Waals surface area contributed by atoms with Gasteiger partial charge in [0.15, 0.2) is 12.0 Å². The fourth-order valence-corrected chi connectivity index (χ4v) is 7.28. The largest absolute Gasteiger partial charge is 0.503 e. The SMILES string of the molecule is CNC1(N(C)C)CCC(C(=O)NCC2CCSC2)CC1.N=C(Cc1ccc(F)cc1F)SC(=N)c1c[nH]c(C=O)c(O)c1=O. The molecular weight excluding hydrogens is 610 g/mol.